The largest absolute Gasteiger partial charge is 0.481 e. The van der Waals surface area contributed by atoms with Crippen molar-refractivity contribution in [3.63, 3.8) is 0 Å². The van der Waals surface area contributed by atoms with Gasteiger partial charge in [0.05, 0.1) is 5.92 Å². The molecule has 0 saturated heterocycles. The van der Waals surface area contributed by atoms with E-state index in [0.717, 1.165) is 19.3 Å². The second-order valence-corrected chi connectivity index (χ2v) is 3.61. The molecule has 0 amide bonds. The quantitative estimate of drug-likeness (QED) is 0.610. The Labute approximate surface area is 73.3 Å². The van der Waals surface area contributed by atoms with Crippen LogP contribution in [0.4, 0.5) is 0 Å². The fourth-order valence-corrected chi connectivity index (χ4v) is 1.60. The van der Waals surface area contributed by atoms with Gasteiger partial charge in [-0.1, -0.05) is 25.5 Å². The summed E-state index contributed by atoms with van der Waals surface area (Å²) >= 11 is 0. The highest BCUT2D eigenvalue weighted by Gasteiger charge is 2.17. The zero-order valence-electron chi connectivity index (χ0n) is 7.49. The first-order chi connectivity index (χ1) is 5.70. The Morgan fingerprint density at radius 2 is 2.25 bits per heavy atom. The van der Waals surface area contributed by atoms with Crippen LogP contribution in [0.1, 0.15) is 32.6 Å². The number of allylic oxidation sites excluding steroid dienone is 2. The van der Waals surface area contributed by atoms with E-state index in [1.54, 1.807) is 0 Å². The Morgan fingerprint density at radius 3 is 2.92 bits per heavy atom. The average Bonchev–Trinajstić information content (AvgIpc) is 1.95. The minimum absolute atomic E-state index is 0.145. The third-order valence-corrected chi connectivity index (χ3v) is 2.45. The van der Waals surface area contributed by atoms with Crippen LogP contribution < -0.4 is 0 Å². The Morgan fingerprint density at radius 1 is 1.50 bits per heavy atom. The minimum Gasteiger partial charge on any atom is -0.481 e. The van der Waals surface area contributed by atoms with Crippen LogP contribution in [0.15, 0.2) is 12.2 Å². The average molecular weight is 168 g/mol. The number of carboxylic acids is 1. The highest BCUT2D eigenvalue weighted by atomic mass is 16.4. The molecule has 12 heavy (non-hydrogen) atoms. The van der Waals surface area contributed by atoms with E-state index in [9.17, 15) is 4.79 Å². The highest BCUT2D eigenvalue weighted by Crippen LogP contribution is 2.20. The second-order valence-electron chi connectivity index (χ2n) is 3.61. The number of hydrogen-bond donors (Lipinski definition) is 1. The Kier molecular flexibility index (Phi) is 3.32. The van der Waals surface area contributed by atoms with E-state index in [4.69, 9.17) is 5.11 Å². The SMILES string of the molecule is CC1C=CCC(C(=O)O)CCC1. The van der Waals surface area contributed by atoms with Crippen molar-refractivity contribution in [2.24, 2.45) is 11.8 Å². The van der Waals surface area contributed by atoms with Crippen molar-refractivity contribution in [3.8, 4) is 0 Å². The predicted molar refractivity (Wildman–Crippen MR) is 47.9 cm³/mol. The highest BCUT2D eigenvalue weighted by molar-refractivity contribution is 5.70. The van der Waals surface area contributed by atoms with Gasteiger partial charge in [-0.15, -0.1) is 0 Å². The summed E-state index contributed by atoms with van der Waals surface area (Å²) in [5.41, 5.74) is 0. The number of carbonyl (C=O) groups is 1. The Hall–Kier alpha value is -0.790. The molecule has 2 nitrogen and oxygen atoms in total. The van der Waals surface area contributed by atoms with Crippen LogP contribution in [0.3, 0.4) is 0 Å². The first kappa shape index (κ1) is 9.30. The molecular weight excluding hydrogens is 152 g/mol. The molecule has 0 saturated carbocycles. The van der Waals surface area contributed by atoms with Crippen molar-refractivity contribution in [2.45, 2.75) is 32.6 Å². The van der Waals surface area contributed by atoms with Crippen molar-refractivity contribution >= 4 is 5.97 Å². The van der Waals surface area contributed by atoms with Crippen molar-refractivity contribution < 1.29 is 9.90 Å². The predicted octanol–water partition coefficient (Wildman–Crippen LogP) is 2.45. The van der Waals surface area contributed by atoms with Crippen LogP contribution >= 0.6 is 0 Å². The fraction of sp³-hybridized carbons (Fsp3) is 0.700. The lowest BCUT2D eigenvalue weighted by Crippen LogP contribution is -2.14. The van der Waals surface area contributed by atoms with E-state index in [1.165, 1.54) is 0 Å². The van der Waals surface area contributed by atoms with E-state index in [0.29, 0.717) is 12.3 Å². The van der Waals surface area contributed by atoms with Crippen LogP contribution in [0.5, 0.6) is 0 Å². The zero-order chi connectivity index (χ0) is 8.97. The molecule has 1 aliphatic rings. The van der Waals surface area contributed by atoms with Crippen LogP contribution in [0.2, 0.25) is 0 Å². The molecule has 0 fully saturated rings. The molecule has 68 valence electrons. The van der Waals surface area contributed by atoms with Gasteiger partial charge in [0.25, 0.3) is 0 Å². The molecule has 0 aromatic heterocycles. The topological polar surface area (TPSA) is 37.3 Å². The number of carboxylic acid groups (broad SMARTS) is 1. The molecule has 2 atom stereocenters. The first-order valence-electron chi connectivity index (χ1n) is 4.59. The van der Waals surface area contributed by atoms with Gasteiger partial charge in [0, 0.05) is 0 Å². The summed E-state index contributed by atoms with van der Waals surface area (Å²) in [7, 11) is 0. The zero-order valence-corrected chi connectivity index (χ0v) is 7.49. The summed E-state index contributed by atoms with van der Waals surface area (Å²) in [5, 5.41) is 8.79. The molecule has 2 heteroatoms. The molecular formula is C10H16O2. The van der Waals surface area contributed by atoms with E-state index >= 15 is 0 Å². The van der Waals surface area contributed by atoms with Gasteiger partial charge in [0.2, 0.25) is 0 Å². The summed E-state index contributed by atoms with van der Waals surface area (Å²) in [4.78, 5) is 10.7. The van der Waals surface area contributed by atoms with Gasteiger partial charge in [0.15, 0.2) is 0 Å². The number of rotatable bonds is 1. The van der Waals surface area contributed by atoms with Gasteiger partial charge >= 0.3 is 5.97 Å². The van der Waals surface area contributed by atoms with Gasteiger partial charge in [-0.05, 0) is 25.2 Å². The lowest BCUT2D eigenvalue weighted by Gasteiger charge is -2.14. The summed E-state index contributed by atoms with van der Waals surface area (Å²) < 4.78 is 0. The van der Waals surface area contributed by atoms with Gasteiger partial charge in [0.1, 0.15) is 0 Å². The van der Waals surface area contributed by atoms with Crippen molar-refractivity contribution in [3.05, 3.63) is 12.2 Å². The van der Waals surface area contributed by atoms with Crippen molar-refractivity contribution in [1.29, 1.82) is 0 Å². The van der Waals surface area contributed by atoms with Gasteiger partial charge in [-0.3, -0.25) is 4.79 Å². The molecule has 0 spiro atoms. The number of aliphatic carboxylic acids is 1. The number of hydrogen-bond acceptors (Lipinski definition) is 1. The molecule has 2 unspecified atom stereocenters. The second kappa shape index (κ2) is 4.29. The molecule has 0 bridgehead atoms. The van der Waals surface area contributed by atoms with Crippen LogP contribution in [-0.2, 0) is 4.79 Å². The van der Waals surface area contributed by atoms with Crippen LogP contribution in [0, 0.1) is 11.8 Å². The van der Waals surface area contributed by atoms with E-state index < -0.39 is 5.97 Å². The lowest BCUT2D eigenvalue weighted by atomic mass is 9.91. The molecule has 0 radical (unpaired) electrons. The maximum Gasteiger partial charge on any atom is 0.306 e. The van der Waals surface area contributed by atoms with E-state index in [2.05, 4.69) is 13.0 Å². The molecule has 1 aliphatic carbocycles. The summed E-state index contributed by atoms with van der Waals surface area (Å²) in [6.45, 7) is 2.18. The van der Waals surface area contributed by atoms with Gasteiger partial charge < -0.3 is 5.11 Å². The first-order valence-corrected chi connectivity index (χ1v) is 4.59. The third-order valence-electron chi connectivity index (χ3n) is 2.45. The normalized spacial score (nSPS) is 30.8. The minimum atomic E-state index is -0.644. The monoisotopic (exact) mass is 168 g/mol. The summed E-state index contributed by atoms with van der Waals surface area (Å²) in [5.74, 6) is -0.164. The van der Waals surface area contributed by atoms with Gasteiger partial charge in [-0.25, -0.2) is 0 Å². The van der Waals surface area contributed by atoms with Crippen LogP contribution in [0.25, 0.3) is 0 Å². The Bertz CT molecular complexity index is 184. The lowest BCUT2D eigenvalue weighted by molar-refractivity contribution is -0.141. The molecule has 0 heterocycles. The standard InChI is InChI=1S/C10H16O2/c1-8-4-2-6-9(10(11)12)7-3-5-8/h2,4,8-9H,3,5-7H2,1H3,(H,11,12). The maximum absolute atomic E-state index is 10.7. The van der Waals surface area contributed by atoms with Crippen LogP contribution in [-0.4, -0.2) is 11.1 Å². The summed E-state index contributed by atoms with van der Waals surface area (Å²) in [6, 6.07) is 0. The summed E-state index contributed by atoms with van der Waals surface area (Å²) in [6.07, 6.45) is 7.87. The Balaban J connectivity index is 2.50. The van der Waals surface area contributed by atoms with Crippen molar-refractivity contribution in [2.75, 3.05) is 0 Å². The molecule has 0 aromatic carbocycles. The molecule has 1 N–H and O–H groups in total. The molecule has 0 aliphatic heterocycles. The third kappa shape index (κ3) is 2.68. The molecule has 0 aromatic rings. The smallest absolute Gasteiger partial charge is 0.306 e. The maximum atomic E-state index is 10.7. The van der Waals surface area contributed by atoms with E-state index in [1.807, 2.05) is 6.08 Å². The van der Waals surface area contributed by atoms with Gasteiger partial charge in [-0.2, -0.15) is 0 Å². The van der Waals surface area contributed by atoms with E-state index in [-0.39, 0.29) is 5.92 Å². The van der Waals surface area contributed by atoms with Crippen molar-refractivity contribution in [1.82, 2.24) is 0 Å². The fourth-order valence-electron chi connectivity index (χ4n) is 1.60. The molecule has 1 rings (SSSR count).